The third-order valence-corrected chi connectivity index (χ3v) is 5.25. The molecule has 2 nitrogen and oxygen atoms in total. The molecule has 4 heteroatoms. The number of halogens is 1. The first-order valence-electron chi connectivity index (χ1n) is 7.24. The first-order chi connectivity index (χ1) is 9.56. The number of hydrogen-bond donors (Lipinski definition) is 1. The Hall–Kier alpha value is -1.03. The average molecular weight is 295 g/mol. The second kappa shape index (κ2) is 7.11. The second-order valence-corrected chi connectivity index (χ2v) is 6.73. The summed E-state index contributed by atoms with van der Waals surface area (Å²) in [5.74, 6) is 1.44. The highest BCUT2D eigenvalue weighted by atomic mass is 32.2. The fourth-order valence-corrected chi connectivity index (χ4v) is 3.42. The Balaban J connectivity index is 1.79. The van der Waals surface area contributed by atoms with Crippen molar-refractivity contribution in [2.75, 3.05) is 5.75 Å². The Morgan fingerprint density at radius 1 is 1.30 bits per heavy atom. The zero-order chi connectivity index (χ0) is 14.5. The maximum Gasteiger partial charge on any atom is 0.230 e. The summed E-state index contributed by atoms with van der Waals surface area (Å²) in [6.07, 6.45) is 3.54. The number of nitrogens with one attached hydrogen (secondary N) is 1. The number of thioether (sulfide) groups is 1. The zero-order valence-corrected chi connectivity index (χ0v) is 12.9. The van der Waals surface area contributed by atoms with E-state index < -0.39 is 0 Å². The molecule has 0 bridgehead atoms. The van der Waals surface area contributed by atoms with Crippen molar-refractivity contribution in [2.24, 2.45) is 11.8 Å². The van der Waals surface area contributed by atoms with Gasteiger partial charge in [0, 0.05) is 10.9 Å². The van der Waals surface area contributed by atoms with Gasteiger partial charge in [0.25, 0.3) is 0 Å². The largest absolute Gasteiger partial charge is 0.352 e. The number of hydrogen-bond acceptors (Lipinski definition) is 2. The smallest absolute Gasteiger partial charge is 0.230 e. The van der Waals surface area contributed by atoms with Gasteiger partial charge < -0.3 is 5.32 Å². The minimum atomic E-state index is -0.246. The van der Waals surface area contributed by atoms with Crippen LogP contribution in [0.3, 0.4) is 0 Å². The van der Waals surface area contributed by atoms with Crippen LogP contribution in [-0.4, -0.2) is 17.7 Å². The lowest BCUT2D eigenvalue weighted by Gasteiger charge is -2.34. The van der Waals surface area contributed by atoms with E-state index in [1.807, 2.05) is 0 Å². The molecule has 1 fully saturated rings. The Morgan fingerprint density at radius 2 is 2.00 bits per heavy atom. The zero-order valence-electron chi connectivity index (χ0n) is 12.1. The van der Waals surface area contributed by atoms with E-state index in [9.17, 15) is 9.18 Å². The van der Waals surface area contributed by atoms with Crippen molar-refractivity contribution >= 4 is 17.7 Å². The molecular weight excluding hydrogens is 273 g/mol. The number of carbonyl (C=O) groups excluding carboxylic acids is 1. The number of carbonyl (C=O) groups is 1. The topological polar surface area (TPSA) is 29.1 Å². The molecule has 20 heavy (non-hydrogen) atoms. The minimum Gasteiger partial charge on any atom is -0.352 e. The fourth-order valence-electron chi connectivity index (χ4n) is 2.71. The van der Waals surface area contributed by atoms with Gasteiger partial charge in [-0.1, -0.05) is 26.7 Å². The highest BCUT2D eigenvalue weighted by Crippen LogP contribution is 2.29. The third-order valence-electron chi connectivity index (χ3n) is 4.24. The molecule has 0 radical (unpaired) electrons. The van der Waals surface area contributed by atoms with Crippen molar-refractivity contribution in [2.45, 2.75) is 44.0 Å². The van der Waals surface area contributed by atoms with Gasteiger partial charge in [-0.3, -0.25) is 4.79 Å². The fraction of sp³-hybridized carbons (Fsp3) is 0.562. The SMILES string of the molecule is C[C@H]1[C@H](C)CCC[C@@H]1NC(=O)CSc1ccc(F)cc1. The number of amides is 1. The summed E-state index contributed by atoms with van der Waals surface area (Å²) in [6, 6.07) is 6.56. The first-order valence-corrected chi connectivity index (χ1v) is 8.22. The quantitative estimate of drug-likeness (QED) is 0.855. The molecule has 0 saturated heterocycles. The number of rotatable bonds is 4. The highest BCUT2D eigenvalue weighted by molar-refractivity contribution is 8.00. The Kier molecular flexibility index (Phi) is 5.46. The Morgan fingerprint density at radius 3 is 2.70 bits per heavy atom. The lowest BCUT2D eigenvalue weighted by molar-refractivity contribution is -0.119. The van der Waals surface area contributed by atoms with Crippen LogP contribution in [0.1, 0.15) is 33.1 Å². The third kappa shape index (κ3) is 4.23. The van der Waals surface area contributed by atoms with Crippen molar-refractivity contribution in [3.05, 3.63) is 30.1 Å². The lowest BCUT2D eigenvalue weighted by atomic mass is 9.78. The van der Waals surface area contributed by atoms with Crippen LogP contribution >= 0.6 is 11.8 Å². The van der Waals surface area contributed by atoms with Gasteiger partial charge in [-0.05, 0) is 42.5 Å². The van der Waals surface area contributed by atoms with E-state index in [4.69, 9.17) is 0 Å². The molecule has 1 aromatic carbocycles. The highest BCUT2D eigenvalue weighted by Gasteiger charge is 2.27. The molecule has 2 rings (SSSR count). The monoisotopic (exact) mass is 295 g/mol. The molecule has 1 aliphatic carbocycles. The van der Waals surface area contributed by atoms with Gasteiger partial charge in [0.2, 0.25) is 5.91 Å². The molecule has 0 aromatic heterocycles. The van der Waals surface area contributed by atoms with Crippen molar-refractivity contribution in [3.8, 4) is 0 Å². The second-order valence-electron chi connectivity index (χ2n) is 5.68. The standard InChI is InChI=1S/C16H22FNOS/c1-11-4-3-5-15(12(11)2)18-16(19)10-20-14-8-6-13(17)7-9-14/h6-9,11-12,15H,3-5,10H2,1-2H3,(H,18,19)/t11-,12+,15+/m1/s1. The maximum absolute atomic E-state index is 12.8. The Labute approximate surface area is 124 Å². The predicted octanol–water partition coefficient (Wildman–Crippen LogP) is 3.86. The number of benzene rings is 1. The van der Waals surface area contributed by atoms with Crippen LogP contribution in [0.15, 0.2) is 29.2 Å². The summed E-state index contributed by atoms with van der Waals surface area (Å²) in [4.78, 5) is 12.9. The molecule has 1 aromatic rings. The molecule has 1 saturated carbocycles. The lowest BCUT2D eigenvalue weighted by Crippen LogP contribution is -2.44. The van der Waals surface area contributed by atoms with Crippen LogP contribution in [0.25, 0.3) is 0 Å². The van der Waals surface area contributed by atoms with Crippen LogP contribution in [0.4, 0.5) is 4.39 Å². The normalized spacial score (nSPS) is 26.2. The molecule has 110 valence electrons. The summed E-state index contributed by atoms with van der Waals surface area (Å²) in [5, 5.41) is 3.15. The van der Waals surface area contributed by atoms with Gasteiger partial charge in [0.05, 0.1) is 5.75 Å². The molecule has 0 heterocycles. The predicted molar refractivity (Wildman–Crippen MR) is 81.2 cm³/mol. The van der Waals surface area contributed by atoms with E-state index in [-0.39, 0.29) is 11.7 Å². The van der Waals surface area contributed by atoms with Crippen molar-refractivity contribution < 1.29 is 9.18 Å². The summed E-state index contributed by atoms with van der Waals surface area (Å²) in [6.45, 7) is 4.48. The van der Waals surface area contributed by atoms with E-state index in [0.717, 1.165) is 11.3 Å². The van der Waals surface area contributed by atoms with Gasteiger partial charge >= 0.3 is 0 Å². The van der Waals surface area contributed by atoms with E-state index in [1.54, 1.807) is 12.1 Å². The van der Waals surface area contributed by atoms with Crippen LogP contribution in [0.5, 0.6) is 0 Å². The summed E-state index contributed by atoms with van der Waals surface area (Å²) >= 11 is 1.45. The minimum absolute atomic E-state index is 0.0743. The maximum atomic E-state index is 12.8. The Bertz CT molecular complexity index is 448. The van der Waals surface area contributed by atoms with E-state index in [1.165, 1.54) is 36.7 Å². The molecule has 0 unspecified atom stereocenters. The van der Waals surface area contributed by atoms with Gasteiger partial charge in [0.1, 0.15) is 5.82 Å². The van der Waals surface area contributed by atoms with Crippen LogP contribution in [0.2, 0.25) is 0 Å². The van der Waals surface area contributed by atoms with Crippen LogP contribution < -0.4 is 5.32 Å². The molecule has 1 aliphatic rings. The first kappa shape index (κ1) is 15.4. The summed E-state index contributed by atoms with van der Waals surface area (Å²) < 4.78 is 12.8. The summed E-state index contributed by atoms with van der Waals surface area (Å²) in [5.41, 5.74) is 0. The average Bonchev–Trinajstić information content (AvgIpc) is 2.43. The van der Waals surface area contributed by atoms with Gasteiger partial charge in [0.15, 0.2) is 0 Å². The van der Waals surface area contributed by atoms with Gasteiger partial charge in [-0.25, -0.2) is 4.39 Å². The van der Waals surface area contributed by atoms with E-state index >= 15 is 0 Å². The van der Waals surface area contributed by atoms with E-state index in [2.05, 4.69) is 19.2 Å². The molecule has 0 spiro atoms. The van der Waals surface area contributed by atoms with Crippen molar-refractivity contribution in [3.63, 3.8) is 0 Å². The molecule has 1 amide bonds. The summed E-state index contributed by atoms with van der Waals surface area (Å²) in [7, 11) is 0. The molecule has 3 atom stereocenters. The van der Waals surface area contributed by atoms with Gasteiger partial charge in [-0.15, -0.1) is 11.8 Å². The van der Waals surface area contributed by atoms with Crippen molar-refractivity contribution in [1.82, 2.24) is 5.32 Å². The van der Waals surface area contributed by atoms with Crippen LogP contribution in [0, 0.1) is 17.7 Å². The molecular formula is C16H22FNOS. The molecule has 0 aliphatic heterocycles. The van der Waals surface area contributed by atoms with Crippen LogP contribution in [-0.2, 0) is 4.79 Å². The van der Waals surface area contributed by atoms with Crippen molar-refractivity contribution in [1.29, 1.82) is 0 Å². The molecule has 1 N–H and O–H groups in total. The van der Waals surface area contributed by atoms with Gasteiger partial charge in [-0.2, -0.15) is 0 Å². The van der Waals surface area contributed by atoms with E-state index in [0.29, 0.717) is 23.6 Å².